The molecule has 1 heterocycles. The molecule has 3 nitrogen and oxygen atoms in total. The molecule has 0 N–H and O–H groups in total. The molecule has 2 unspecified atom stereocenters. The zero-order chi connectivity index (χ0) is 19.6. The first-order valence-corrected chi connectivity index (χ1v) is 7.95. The van der Waals surface area contributed by atoms with E-state index in [9.17, 15) is 31.1 Å². The summed E-state index contributed by atoms with van der Waals surface area (Å²) in [4.78, 5) is 12.3. The van der Waals surface area contributed by atoms with Crippen molar-refractivity contribution in [1.82, 2.24) is 4.90 Å². The molecule has 1 rings (SSSR count). The van der Waals surface area contributed by atoms with Gasteiger partial charge in [0.15, 0.2) is 0 Å². The molecular formula is C16H21F6NO2. The molecule has 9 heteroatoms. The van der Waals surface area contributed by atoms with E-state index in [0.717, 1.165) is 6.92 Å². The smallest absolute Gasteiger partial charge is 0.432 e. The second kappa shape index (κ2) is 7.70. The number of carbonyl (C=O) groups excluding carboxylic acids is 1. The van der Waals surface area contributed by atoms with Crippen LogP contribution in [0.15, 0.2) is 23.0 Å². The van der Waals surface area contributed by atoms with E-state index < -0.39 is 53.7 Å². The third kappa shape index (κ3) is 4.49. The third-order valence-electron chi connectivity index (χ3n) is 4.11. The number of rotatable bonds is 5. The second-order valence-corrected chi connectivity index (χ2v) is 5.69. The minimum atomic E-state index is -5.13. The maximum absolute atomic E-state index is 13.6. The monoisotopic (exact) mass is 373 g/mol. The summed E-state index contributed by atoms with van der Waals surface area (Å²) in [6.07, 6.45) is -9.10. The summed E-state index contributed by atoms with van der Waals surface area (Å²) in [6.45, 7) is 4.95. The molecule has 0 aromatic rings. The molecule has 1 aliphatic rings. The van der Waals surface area contributed by atoms with Gasteiger partial charge >= 0.3 is 18.3 Å². The van der Waals surface area contributed by atoms with Crippen molar-refractivity contribution in [3.8, 4) is 0 Å². The SMILES string of the molecule is CCOC(=O)C1=C(C(F)(F)F)N(CC)C(C(F)(F)F)=CC1C(C)CC. The fraction of sp³-hybridized carbons (Fsp3) is 0.688. The fourth-order valence-electron chi connectivity index (χ4n) is 2.79. The zero-order valence-corrected chi connectivity index (χ0v) is 14.4. The number of halogens is 6. The molecule has 0 bridgehead atoms. The van der Waals surface area contributed by atoms with E-state index in [1.165, 1.54) is 13.8 Å². The Bertz CT molecular complexity index is 562. The maximum Gasteiger partial charge on any atom is 0.432 e. The van der Waals surface area contributed by atoms with Crippen LogP contribution in [0.4, 0.5) is 26.3 Å². The normalized spacial score (nSPS) is 20.5. The highest BCUT2D eigenvalue weighted by Crippen LogP contribution is 2.46. The molecule has 0 aliphatic carbocycles. The molecular weight excluding hydrogens is 352 g/mol. The molecule has 25 heavy (non-hydrogen) atoms. The van der Waals surface area contributed by atoms with Gasteiger partial charge < -0.3 is 9.64 Å². The number of esters is 1. The van der Waals surface area contributed by atoms with E-state index in [-0.39, 0.29) is 11.5 Å². The Morgan fingerprint density at radius 3 is 2.08 bits per heavy atom. The molecule has 0 saturated carbocycles. The number of hydrogen-bond acceptors (Lipinski definition) is 3. The van der Waals surface area contributed by atoms with Gasteiger partial charge in [0.05, 0.1) is 12.2 Å². The first-order chi connectivity index (χ1) is 11.4. The van der Waals surface area contributed by atoms with Crippen LogP contribution in [0.2, 0.25) is 0 Å². The van der Waals surface area contributed by atoms with Gasteiger partial charge in [-0.25, -0.2) is 4.79 Å². The third-order valence-corrected chi connectivity index (χ3v) is 4.11. The van der Waals surface area contributed by atoms with Gasteiger partial charge in [0.2, 0.25) is 0 Å². The number of nitrogens with zero attached hydrogens (tertiary/aromatic N) is 1. The molecule has 1 aliphatic heterocycles. The molecule has 0 saturated heterocycles. The van der Waals surface area contributed by atoms with Gasteiger partial charge in [-0.1, -0.05) is 20.3 Å². The molecule has 0 aromatic carbocycles. The summed E-state index contributed by atoms with van der Waals surface area (Å²) in [5.74, 6) is -3.18. The first kappa shape index (κ1) is 21.4. The minimum Gasteiger partial charge on any atom is -0.463 e. The van der Waals surface area contributed by atoms with Crippen molar-refractivity contribution in [3.05, 3.63) is 23.0 Å². The number of carbonyl (C=O) groups is 1. The van der Waals surface area contributed by atoms with Crippen molar-refractivity contribution in [2.75, 3.05) is 13.2 Å². The molecule has 2 atom stereocenters. The number of hydrogen-bond donors (Lipinski definition) is 0. The zero-order valence-electron chi connectivity index (χ0n) is 14.4. The number of allylic oxidation sites excluding steroid dienone is 3. The fourth-order valence-corrected chi connectivity index (χ4v) is 2.79. The van der Waals surface area contributed by atoms with Crippen molar-refractivity contribution in [2.24, 2.45) is 11.8 Å². The van der Waals surface area contributed by atoms with E-state index in [1.807, 2.05) is 0 Å². The van der Waals surface area contributed by atoms with Crippen LogP contribution < -0.4 is 0 Å². The molecule has 0 fully saturated rings. The van der Waals surface area contributed by atoms with Crippen molar-refractivity contribution in [2.45, 2.75) is 46.5 Å². The number of alkyl halides is 6. The Kier molecular flexibility index (Phi) is 6.58. The van der Waals surface area contributed by atoms with Crippen LogP contribution in [0, 0.1) is 11.8 Å². The summed E-state index contributed by atoms with van der Waals surface area (Å²) < 4.78 is 85.6. The van der Waals surface area contributed by atoms with Gasteiger partial charge in [0.25, 0.3) is 0 Å². The largest absolute Gasteiger partial charge is 0.463 e. The van der Waals surface area contributed by atoms with E-state index in [1.54, 1.807) is 6.92 Å². The minimum absolute atomic E-state index is 0.102. The highest BCUT2D eigenvalue weighted by atomic mass is 19.4. The van der Waals surface area contributed by atoms with Crippen LogP contribution in [-0.2, 0) is 9.53 Å². The Balaban J connectivity index is 3.74. The van der Waals surface area contributed by atoms with Crippen molar-refractivity contribution >= 4 is 5.97 Å². The highest BCUT2D eigenvalue weighted by molar-refractivity contribution is 5.91. The quantitative estimate of drug-likeness (QED) is 0.512. The van der Waals surface area contributed by atoms with Gasteiger partial charge in [-0.3, -0.25) is 0 Å². The molecule has 0 aromatic heterocycles. The molecule has 0 radical (unpaired) electrons. The standard InChI is InChI=1S/C16H21F6NO2/c1-5-9(4)10-8-11(15(17,18)19)23(6-2)13(16(20,21)22)12(10)14(24)25-7-3/h8-10H,5-7H2,1-4H3. The Morgan fingerprint density at radius 1 is 1.16 bits per heavy atom. The predicted octanol–water partition coefficient (Wildman–Crippen LogP) is 4.81. The highest BCUT2D eigenvalue weighted by Gasteiger charge is 2.52. The summed E-state index contributed by atoms with van der Waals surface area (Å²) in [7, 11) is 0. The van der Waals surface area contributed by atoms with E-state index in [0.29, 0.717) is 12.5 Å². The van der Waals surface area contributed by atoms with Gasteiger partial charge in [0.1, 0.15) is 11.4 Å². The molecule has 0 amide bonds. The number of ether oxygens (including phenoxy) is 1. The van der Waals surface area contributed by atoms with Crippen LogP contribution in [0.1, 0.15) is 34.1 Å². The van der Waals surface area contributed by atoms with Gasteiger partial charge in [-0.2, -0.15) is 26.3 Å². The Hall–Kier alpha value is -1.67. The molecule has 0 spiro atoms. The lowest BCUT2D eigenvalue weighted by Gasteiger charge is -2.39. The predicted molar refractivity (Wildman–Crippen MR) is 79.2 cm³/mol. The average molecular weight is 373 g/mol. The summed E-state index contributed by atoms with van der Waals surface area (Å²) in [6, 6.07) is 0. The second-order valence-electron chi connectivity index (χ2n) is 5.69. The topological polar surface area (TPSA) is 29.5 Å². The van der Waals surface area contributed by atoms with Crippen LogP contribution in [0.3, 0.4) is 0 Å². The maximum atomic E-state index is 13.6. The Labute approximate surface area is 142 Å². The summed E-state index contributed by atoms with van der Waals surface area (Å²) in [5, 5.41) is 0. The van der Waals surface area contributed by atoms with Gasteiger partial charge in [0, 0.05) is 12.5 Å². The van der Waals surface area contributed by atoms with Crippen LogP contribution in [0.25, 0.3) is 0 Å². The van der Waals surface area contributed by atoms with E-state index in [4.69, 9.17) is 4.74 Å². The lowest BCUT2D eigenvalue weighted by atomic mass is 9.80. The van der Waals surface area contributed by atoms with E-state index >= 15 is 0 Å². The van der Waals surface area contributed by atoms with Crippen molar-refractivity contribution in [3.63, 3.8) is 0 Å². The van der Waals surface area contributed by atoms with Gasteiger partial charge in [-0.05, 0) is 25.8 Å². The first-order valence-electron chi connectivity index (χ1n) is 7.95. The summed E-state index contributed by atoms with van der Waals surface area (Å²) in [5.41, 5.74) is -3.76. The van der Waals surface area contributed by atoms with Crippen LogP contribution in [-0.4, -0.2) is 36.4 Å². The Morgan fingerprint density at radius 2 is 1.72 bits per heavy atom. The van der Waals surface area contributed by atoms with Crippen molar-refractivity contribution in [1.29, 1.82) is 0 Å². The van der Waals surface area contributed by atoms with E-state index in [2.05, 4.69) is 0 Å². The van der Waals surface area contributed by atoms with Crippen LogP contribution >= 0.6 is 0 Å². The lowest BCUT2D eigenvalue weighted by Crippen LogP contribution is -2.43. The average Bonchev–Trinajstić information content (AvgIpc) is 2.50. The molecule has 144 valence electrons. The lowest BCUT2D eigenvalue weighted by molar-refractivity contribution is -0.147. The van der Waals surface area contributed by atoms with Gasteiger partial charge in [-0.15, -0.1) is 0 Å². The summed E-state index contributed by atoms with van der Waals surface area (Å²) >= 11 is 0. The van der Waals surface area contributed by atoms with Crippen LogP contribution in [0.5, 0.6) is 0 Å². The van der Waals surface area contributed by atoms with Crippen molar-refractivity contribution < 1.29 is 35.9 Å².